The summed E-state index contributed by atoms with van der Waals surface area (Å²) in [5, 5.41) is 11.9. The number of nitrogens with zero attached hydrogens (tertiary/aromatic N) is 3. The molecule has 0 aliphatic carbocycles. The third kappa shape index (κ3) is 4.98. The molecule has 0 radical (unpaired) electrons. The molecule has 7 nitrogen and oxygen atoms in total. The second kappa shape index (κ2) is 9.18. The molecule has 0 bridgehead atoms. The van der Waals surface area contributed by atoms with Crippen molar-refractivity contribution in [1.82, 2.24) is 14.8 Å². The van der Waals surface area contributed by atoms with Crippen LogP contribution in [0.2, 0.25) is 0 Å². The Kier molecular flexibility index (Phi) is 6.44. The van der Waals surface area contributed by atoms with Crippen molar-refractivity contribution in [3.63, 3.8) is 0 Å². The second-order valence-electron chi connectivity index (χ2n) is 6.03. The lowest BCUT2D eigenvalue weighted by molar-refractivity contribution is -0.113. The Morgan fingerprint density at radius 2 is 1.79 bits per heavy atom. The number of nitrogens with one attached hydrogen (secondary N) is 1. The summed E-state index contributed by atoms with van der Waals surface area (Å²) in [6.45, 7) is 0. The minimum absolute atomic E-state index is 0.163. The molecule has 0 atom stereocenters. The Morgan fingerprint density at radius 1 is 1.07 bits per heavy atom. The van der Waals surface area contributed by atoms with Gasteiger partial charge in [0.1, 0.15) is 5.82 Å². The molecule has 0 saturated heterocycles. The van der Waals surface area contributed by atoms with Gasteiger partial charge in [-0.15, -0.1) is 10.2 Å². The molecule has 0 fully saturated rings. The topological polar surface area (TPSA) is 86.1 Å². The number of methoxy groups -OCH3 is 1. The first-order valence-corrected chi connectivity index (χ1v) is 9.58. The van der Waals surface area contributed by atoms with Gasteiger partial charge in [-0.05, 0) is 29.8 Å². The van der Waals surface area contributed by atoms with Gasteiger partial charge in [0.2, 0.25) is 5.91 Å². The van der Waals surface area contributed by atoms with Crippen LogP contribution in [0.5, 0.6) is 0 Å². The molecule has 3 aromatic rings. The van der Waals surface area contributed by atoms with Gasteiger partial charge >= 0.3 is 5.97 Å². The number of hydrogen-bond acceptors (Lipinski definition) is 6. The van der Waals surface area contributed by atoms with Gasteiger partial charge in [0.15, 0.2) is 5.16 Å². The maximum atomic E-state index is 12.2. The van der Waals surface area contributed by atoms with Gasteiger partial charge in [0.25, 0.3) is 0 Å². The average molecular weight is 396 g/mol. The summed E-state index contributed by atoms with van der Waals surface area (Å²) in [6, 6.07) is 16.6. The average Bonchev–Trinajstić information content (AvgIpc) is 3.06. The molecule has 1 amide bonds. The van der Waals surface area contributed by atoms with E-state index in [0.717, 1.165) is 11.4 Å². The summed E-state index contributed by atoms with van der Waals surface area (Å²) in [5.41, 5.74) is 2.20. The van der Waals surface area contributed by atoms with E-state index in [1.54, 1.807) is 24.3 Å². The number of amides is 1. The molecular weight excluding hydrogens is 376 g/mol. The molecule has 1 aromatic heterocycles. The predicted octanol–water partition coefficient (Wildman–Crippen LogP) is 2.92. The van der Waals surface area contributed by atoms with E-state index in [2.05, 4.69) is 20.3 Å². The highest BCUT2D eigenvalue weighted by atomic mass is 32.2. The predicted molar refractivity (Wildman–Crippen MR) is 107 cm³/mol. The number of carbonyl (C=O) groups excluding carboxylic acids is 2. The number of carbonyl (C=O) groups is 2. The zero-order valence-corrected chi connectivity index (χ0v) is 16.4. The van der Waals surface area contributed by atoms with E-state index < -0.39 is 5.97 Å². The largest absolute Gasteiger partial charge is 0.465 e. The van der Waals surface area contributed by atoms with E-state index in [0.29, 0.717) is 22.8 Å². The van der Waals surface area contributed by atoms with Crippen LogP contribution in [0.1, 0.15) is 21.7 Å². The molecule has 2 aromatic carbocycles. The summed E-state index contributed by atoms with van der Waals surface area (Å²) in [5.74, 6) is 0.466. The maximum Gasteiger partial charge on any atom is 0.337 e. The first-order valence-electron chi connectivity index (χ1n) is 8.60. The van der Waals surface area contributed by atoms with Crippen molar-refractivity contribution < 1.29 is 14.3 Å². The summed E-state index contributed by atoms with van der Waals surface area (Å²) in [4.78, 5) is 23.6. The van der Waals surface area contributed by atoms with E-state index in [4.69, 9.17) is 0 Å². The highest BCUT2D eigenvalue weighted by molar-refractivity contribution is 7.99. The van der Waals surface area contributed by atoms with Gasteiger partial charge < -0.3 is 14.6 Å². The molecule has 8 heteroatoms. The van der Waals surface area contributed by atoms with Crippen molar-refractivity contribution in [3.05, 3.63) is 71.5 Å². The lowest BCUT2D eigenvalue weighted by Crippen LogP contribution is -2.14. The lowest BCUT2D eigenvalue weighted by Gasteiger charge is -2.06. The fraction of sp³-hybridized carbons (Fsp3) is 0.200. The minimum Gasteiger partial charge on any atom is -0.465 e. The standard InChI is InChI=1S/C20H20N4O3S/c1-24-17(12-14-6-4-3-5-7-14)22-23-20(24)28-13-18(25)21-16-10-8-15(9-11-16)19(26)27-2/h3-11H,12-13H2,1-2H3,(H,21,25). The number of thioether (sulfide) groups is 1. The zero-order valence-electron chi connectivity index (χ0n) is 15.6. The highest BCUT2D eigenvalue weighted by Crippen LogP contribution is 2.18. The first kappa shape index (κ1) is 19.6. The minimum atomic E-state index is -0.415. The van der Waals surface area contributed by atoms with Gasteiger partial charge in [-0.25, -0.2) is 4.79 Å². The van der Waals surface area contributed by atoms with Crippen molar-refractivity contribution in [2.24, 2.45) is 7.05 Å². The smallest absolute Gasteiger partial charge is 0.337 e. The first-order chi connectivity index (χ1) is 13.6. The van der Waals surface area contributed by atoms with Crippen LogP contribution in [-0.2, 0) is 23.0 Å². The number of benzene rings is 2. The molecule has 28 heavy (non-hydrogen) atoms. The van der Waals surface area contributed by atoms with Crippen LogP contribution in [0.15, 0.2) is 59.8 Å². The Bertz CT molecular complexity index is 955. The third-order valence-electron chi connectivity index (χ3n) is 4.05. The quantitative estimate of drug-likeness (QED) is 0.488. The number of hydrogen-bond donors (Lipinski definition) is 1. The molecular formula is C20H20N4O3S. The summed E-state index contributed by atoms with van der Waals surface area (Å²) in [7, 11) is 3.22. The van der Waals surface area contributed by atoms with Crippen LogP contribution in [0, 0.1) is 0 Å². The summed E-state index contributed by atoms with van der Waals surface area (Å²) in [6.07, 6.45) is 0.684. The number of rotatable bonds is 7. The SMILES string of the molecule is COC(=O)c1ccc(NC(=O)CSc2nnc(Cc3ccccc3)n2C)cc1. The number of esters is 1. The van der Waals surface area contributed by atoms with Gasteiger partial charge in [-0.2, -0.15) is 0 Å². The molecule has 0 aliphatic heterocycles. The molecule has 144 valence electrons. The van der Waals surface area contributed by atoms with Gasteiger partial charge in [0, 0.05) is 19.2 Å². The van der Waals surface area contributed by atoms with E-state index in [9.17, 15) is 9.59 Å². The number of anilines is 1. The fourth-order valence-electron chi connectivity index (χ4n) is 2.54. The Hall–Kier alpha value is -3.13. The fourth-order valence-corrected chi connectivity index (χ4v) is 3.27. The Labute approximate surface area is 167 Å². The highest BCUT2D eigenvalue weighted by Gasteiger charge is 2.12. The number of ether oxygens (including phenoxy) is 1. The van der Waals surface area contributed by atoms with Gasteiger partial charge in [-0.1, -0.05) is 42.1 Å². The van der Waals surface area contributed by atoms with Crippen molar-refractivity contribution in [2.45, 2.75) is 11.6 Å². The number of aromatic nitrogens is 3. The molecule has 0 unspecified atom stereocenters. The van der Waals surface area contributed by atoms with Crippen LogP contribution in [-0.4, -0.2) is 39.5 Å². The maximum absolute atomic E-state index is 12.2. The van der Waals surface area contributed by atoms with Crippen molar-refractivity contribution in [1.29, 1.82) is 0 Å². The monoisotopic (exact) mass is 396 g/mol. The van der Waals surface area contributed by atoms with E-state index >= 15 is 0 Å². The molecule has 0 spiro atoms. The van der Waals surface area contributed by atoms with Gasteiger partial charge in [0.05, 0.1) is 18.4 Å². The van der Waals surface area contributed by atoms with E-state index in [1.807, 2.05) is 41.9 Å². The third-order valence-corrected chi connectivity index (χ3v) is 5.07. The van der Waals surface area contributed by atoms with Crippen molar-refractivity contribution in [3.8, 4) is 0 Å². The van der Waals surface area contributed by atoms with Crippen LogP contribution in [0.3, 0.4) is 0 Å². The molecule has 0 aliphatic rings. The molecule has 1 N–H and O–H groups in total. The molecule has 0 saturated carbocycles. The Balaban J connectivity index is 1.54. The zero-order chi connectivity index (χ0) is 19.9. The summed E-state index contributed by atoms with van der Waals surface area (Å²) < 4.78 is 6.55. The van der Waals surface area contributed by atoms with Crippen LogP contribution in [0.4, 0.5) is 5.69 Å². The van der Waals surface area contributed by atoms with Crippen LogP contribution >= 0.6 is 11.8 Å². The van der Waals surface area contributed by atoms with Crippen molar-refractivity contribution >= 4 is 29.3 Å². The van der Waals surface area contributed by atoms with E-state index in [1.165, 1.54) is 18.9 Å². The second-order valence-corrected chi connectivity index (χ2v) is 6.97. The lowest BCUT2D eigenvalue weighted by atomic mass is 10.1. The normalized spacial score (nSPS) is 10.5. The molecule has 1 heterocycles. The molecule has 3 rings (SSSR count). The van der Waals surface area contributed by atoms with Gasteiger partial charge in [-0.3, -0.25) is 4.79 Å². The van der Waals surface area contributed by atoms with Crippen molar-refractivity contribution in [2.75, 3.05) is 18.2 Å². The van der Waals surface area contributed by atoms with E-state index in [-0.39, 0.29) is 11.7 Å². The van der Waals surface area contributed by atoms with Crippen LogP contribution < -0.4 is 5.32 Å². The Morgan fingerprint density at radius 3 is 2.46 bits per heavy atom. The summed E-state index contributed by atoms with van der Waals surface area (Å²) >= 11 is 1.32. The van der Waals surface area contributed by atoms with Crippen LogP contribution in [0.25, 0.3) is 0 Å².